The summed E-state index contributed by atoms with van der Waals surface area (Å²) in [5.74, 6) is -1.90. The average molecular weight is 411 g/mol. The first-order valence-corrected chi connectivity index (χ1v) is 12.5. The van der Waals surface area contributed by atoms with Gasteiger partial charge in [0, 0.05) is 0 Å². The normalized spacial score (nSPS) is 11.9. The Balaban J connectivity index is 4.56. The summed E-state index contributed by atoms with van der Waals surface area (Å²) >= 11 is 0. The number of amides is 2. The molecular weight excluding hydrogens is 360 g/mol. The number of primary amides is 2. The number of hydrogen-bond acceptors (Lipinski definition) is 2. The third-order valence-electron chi connectivity index (χ3n) is 6.52. The number of carbonyl (C=O) groups is 2. The molecule has 0 aliphatic heterocycles. The van der Waals surface area contributed by atoms with Crippen LogP contribution in [0.1, 0.15) is 136 Å². The fourth-order valence-electron chi connectivity index (χ4n) is 4.75. The van der Waals surface area contributed by atoms with Gasteiger partial charge in [-0.05, 0) is 24.7 Å². The minimum absolute atomic E-state index is 0.344. The van der Waals surface area contributed by atoms with E-state index >= 15 is 0 Å². The van der Waals surface area contributed by atoms with Crippen molar-refractivity contribution in [1.29, 1.82) is 0 Å². The molecule has 0 aromatic carbocycles. The van der Waals surface area contributed by atoms with Gasteiger partial charge in [-0.25, -0.2) is 0 Å². The second-order valence-corrected chi connectivity index (χ2v) is 9.09. The Bertz CT molecular complexity index is 401. The van der Waals surface area contributed by atoms with Crippen molar-refractivity contribution in [3.05, 3.63) is 0 Å². The van der Waals surface area contributed by atoms with E-state index in [-0.39, 0.29) is 5.41 Å². The predicted molar refractivity (Wildman–Crippen MR) is 124 cm³/mol. The minimum Gasteiger partial charge on any atom is -0.369 e. The van der Waals surface area contributed by atoms with E-state index in [9.17, 15) is 9.59 Å². The zero-order chi connectivity index (χ0) is 22.0. The van der Waals surface area contributed by atoms with E-state index in [0.717, 1.165) is 51.4 Å². The molecule has 0 aliphatic carbocycles. The quantitative estimate of drug-likeness (QED) is 0.164. The van der Waals surface area contributed by atoms with Gasteiger partial charge in [0.1, 0.15) is 5.92 Å². The van der Waals surface area contributed by atoms with E-state index in [0.29, 0.717) is 0 Å². The van der Waals surface area contributed by atoms with Gasteiger partial charge in [-0.15, -0.1) is 0 Å². The monoisotopic (exact) mass is 410 g/mol. The first-order valence-electron chi connectivity index (χ1n) is 12.5. The molecule has 0 saturated carbocycles. The van der Waals surface area contributed by atoms with Crippen LogP contribution in [0.15, 0.2) is 0 Å². The lowest BCUT2D eigenvalue weighted by Gasteiger charge is -2.38. The Labute approximate surface area is 181 Å². The van der Waals surface area contributed by atoms with Crippen molar-refractivity contribution in [3.8, 4) is 0 Å². The maximum atomic E-state index is 12.1. The van der Waals surface area contributed by atoms with Crippen LogP contribution in [0, 0.1) is 11.3 Å². The van der Waals surface area contributed by atoms with Crippen molar-refractivity contribution < 1.29 is 9.59 Å². The van der Waals surface area contributed by atoms with E-state index in [4.69, 9.17) is 11.5 Å². The molecule has 0 aliphatic rings. The Hall–Kier alpha value is -1.06. The molecule has 4 nitrogen and oxygen atoms in total. The van der Waals surface area contributed by atoms with Crippen LogP contribution in [0.4, 0.5) is 0 Å². The zero-order valence-electron chi connectivity index (χ0n) is 19.8. The molecule has 0 unspecified atom stereocenters. The summed E-state index contributed by atoms with van der Waals surface area (Å²) in [5.41, 5.74) is 11.0. The Morgan fingerprint density at radius 3 is 1.21 bits per heavy atom. The molecule has 0 atom stereocenters. The molecule has 0 aromatic rings. The number of nitrogens with two attached hydrogens (primary N) is 2. The zero-order valence-corrected chi connectivity index (χ0v) is 19.8. The molecule has 4 heteroatoms. The summed E-state index contributed by atoms with van der Waals surface area (Å²) in [5, 5.41) is 0. The first kappa shape index (κ1) is 27.9. The van der Waals surface area contributed by atoms with Gasteiger partial charge in [0.25, 0.3) is 0 Å². The standard InChI is InChI=1S/C25H50N2O2/c1-4-7-10-11-12-13-14-15-16-17-18-21-25(19-8-5-2,20-9-6-3)22(23(26)28)24(27)29/h22H,4-21H2,1-3H3,(H2,26,28)(H2,27,29). The largest absolute Gasteiger partial charge is 0.369 e. The number of carbonyl (C=O) groups excluding carboxylic acids is 2. The summed E-state index contributed by atoms with van der Waals surface area (Å²) in [4.78, 5) is 24.3. The van der Waals surface area contributed by atoms with Crippen molar-refractivity contribution >= 4 is 11.8 Å². The third-order valence-corrected chi connectivity index (χ3v) is 6.52. The molecule has 0 heterocycles. The predicted octanol–water partition coefficient (Wildman–Crippen LogP) is 6.64. The van der Waals surface area contributed by atoms with Gasteiger partial charge in [0.05, 0.1) is 0 Å². The topological polar surface area (TPSA) is 86.2 Å². The number of hydrogen-bond donors (Lipinski definition) is 2. The van der Waals surface area contributed by atoms with Crippen molar-refractivity contribution in [3.63, 3.8) is 0 Å². The van der Waals surface area contributed by atoms with E-state index in [1.165, 1.54) is 64.2 Å². The molecule has 0 bridgehead atoms. The van der Waals surface area contributed by atoms with Crippen molar-refractivity contribution in [1.82, 2.24) is 0 Å². The van der Waals surface area contributed by atoms with Crippen molar-refractivity contribution in [2.75, 3.05) is 0 Å². The second kappa shape index (κ2) is 17.8. The second-order valence-electron chi connectivity index (χ2n) is 9.09. The first-order chi connectivity index (χ1) is 13.9. The number of unbranched alkanes of at least 4 members (excludes halogenated alkanes) is 12. The summed E-state index contributed by atoms with van der Waals surface area (Å²) in [6.45, 7) is 6.56. The third kappa shape index (κ3) is 12.3. The Morgan fingerprint density at radius 2 is 0.862 bits per heavy atom. The van der Waals surface area contributed by atoms with Crippen LogP contribution < -0.4 is 11.5 Å². The van der Waals surface area contributed by atoms with Gasteiger partial charge in [-0.3, -0.25) is 9.59 Å². The lowest BCUT2D eigenvalue weighted by atomic mass is 9.65. The summed E-state index contributed by atoms with van der Waals surface area (Å²) in [6.07, 6.45) is 21.0. The molecule has 29 heavy (non-hydrogen) atoms. The van der Waals surface area contributed by atoms with Gasteiger partial charge >= 0.3 is 0 Å². The molecule has 0 fully saturated rings. The molecule has 0 radical (unpaired) electrons. The van der Waals surface area contributed by atoms with Crippen LogP contribution in [0.5, 0.6) is 0 Å². The van der Waals surface area contributed by atoms with Gasteiger partial charge in [0.2, 0.25) is 11.8 Å². The van der Waals surface area contributed by atoms with Crippen LogP contribution in [0.25, 0.3) is 0 Å². The van der Waals surface area contributed by atoms with Crippen LogP contribution in [-0.4, -0.2) is 11.8 Å². The smallest absolute Gasteiger partial charge is 0.230 e. The summed E-state index contributed by atoms with van der Waals surface area (Å²) < 4.78 is 0. The Kier molecular flexibility index (Phi) is 17.1. The maximum absolute atomic E-state index is 12.1. The average Bonchev–Trinajstić information content (AvgIpc) is 2.68. The Morgan fingerprint density at radius 1 is 0.552 bits per heavy atom. The van der Waals surface area contributed by atoms with Crippen LogP contribution >= 0.6 is 0 Å². The van der Waals surface area contributed by atoms with E-state index in [1.54, 1.807) is 0 Å². The SMILES string of the molecule is CCCCCCCCCCCCCC(CCCC)(CCCC)C(C(N)=O)C(N)=O. The summed E-state index contributed by atoms with van der Waals surface area (Å²) in [6, 6.07) is 0. The number of rotatable bonds is 21. The fraction of sp³-hybridized carbons (Fsp3) is 0.920. The molecule has 4 N–H and O–H groups in total. The highest BCUT2D eigenvalue weighted by molar-refractivity contribution is 5.99. The molecule has 0 rings (SSSR count). The molecule has 0 spiro atoms. The highest BCUT2D eigenvalue weighted by Crippen LogP contribution is 2.43. The van der Waals surface area contributed by atoms with Crippen LogP contribution in [0.2, 0.25) is 0 Å². The minimum atomic E-state index is -0.830. The molecule has 0 aromatic heterocycles. The lowest BCUT2D eigenvalue weighted by Crippen LogP contribution is -2.47. The van der Waals surface area contributed by atoms with E-state index in [1.807, 2.05) is 0 Å². The highest BCUT2D eigenvalue weighted by Gasteiger charge is 2.44. The van der Waals surface area contributed by atoms with Crippen molar-refractivity contribution in [2.24, 2.45) is 22.8 Å². The molecule has 172 valence electrons. The van der Waals surface area contributed by atoms with Gasteiger partial charge in [0.15, 0.2) is 0 Å². The van der Waals surface area contributed by atoms with E-state index < -0.39 is 17.7 Å². The maximum Gasteiger partial charge on any atom is 0.230 e. The molecule has 0 saturated heterocycles. The van der Waals surface area contributed by atoms with E-state index in [2.05, 4.69) is 20.8 Å². The molecular formula is C25H50N2O2. The fourth-order valence-corrected chi connectivity index (χ4v) is 4.75. The van der Waals surface area contributed by atoms with Crippen LogP contribution in [-0.2, 0) is 9.59 Å². The van der Waals surface area contributed by atoms with Crippen LogP contribution in [0.3, 0.4) is 0 Å². The van der Waals surface area contributed by atoms with Gasteiger partial charge in [-0.2, -0.15) is 0 Å². The summed E-state index contributed by atoms with van der Waals surface area (Å²) in [7, 11) is 0. The van der Waals surface area contributed by atoms with Crippen molar-refractivity contribution in [2.45, 2.75) is 136 Å². The lowest BCUT2D eigenvalue weighted by molar-refractivity contribution is -0.138. The van der Waals surface area contributed by atoms with Gasteiger partial charge < -0.3 is 11.5 Å². The highest BCUT2D eigenvalue weighted by atomic mass is 16.2. The van der Waals surface area contributed by atoms with Gasteiger partial charge in [-0.1, -0.05) is 117 Å². The molecule has 2 amide bonds.